The Morgan fingerprint density at radius 3 is 2.73 bits per heavy atom. The molecule has 15 heavy (non-hydrogen) atoms. The number of rotatable bonds is 0. The summed E-state index contributed by atoms with van der Waals surface area (Å²) >= 11 is 0. The molecule has 0 saturated carbocycles. The lowest BCUT2D eigenvalue weighted by atomic mass is 10.2. The van der Waals surface area contributed by atoms with E-state index in [0.29, 0.717) is 5.70 Å². The topological polar surface area (TPSA) is 55.6 Å². The summed E-state index contributed by atoms with van der Waals surface area (Å²) in [5.74, 6) is 0. The minimum atomic E-state index is -1.52. The highest BCUT2D eigenvalue weighted by molar-refractivity contribution is 5.70. The van der Waals surface area contributed by atoms with E-state index in [2.05, 4.69) is 0 Å². The lowest BCUT2D eigenvalue weighted by molar-refractivity contribution is 0.0185. The molecule has 0 aromatic heterocycles. The Hall–Kier alpha value is -1.52. The number of amides is 1. The average molecular weight is 214 g/mol. The molecule has 1 amide bonds. The molecule has 4 nitrogen and oxygen atoms in total. The first-order valence-corrected chi connectivity index (χ1v) is 4.60. The van der Waals surface area contributed by atoms with Gasteiger partial charge in [-0.2, -0.15) is 0 Å². The smallest absolute Gasteiger partial charge is 0.417 e. The van der Waals surface area contributed by atoms with E-state index in [9.17, 15) is 9.18 Å². The number of halogens is 1. The summed E-state index contributed by atoms with van der Waals surface area (Å²) in [6.07, 6.45) is 1.55. The van der Waals surface area contributed by atoms with Crippen LogP contribution < -0.4 is 5.73 Å². The average Bonchev–Trinajstić information content (AvgIpc) is 2.06. The first-order chi connectivity index (χ1) is 6.79. The molecule has 0 radical (unpaired) electrons. The third-order valence-electron chi connectivity index (χ3n) is 1.61. The van der Waals surface area contributed by atoms with Crippen molar-refractivity contribution in [1.29, 1.82) is 0 Å². The molecule has 1 atom stereocenters. The zero-order valence-corrected chi connectivity index (χ0v) is 9.03. The van der Waals surface area contributed by atoms with Crippen molar-refractivity contribution in [3.63, 3.8) is 0 Å². The molecule has 0 aromatic carbocycles. The summed E-state index contributed by atoms with van der Waals surface area (Å²) in [6, 6.07) is 0. The van der Waals surface area contributed by atoms with Gasteiger partial charge >= 0.3 is 6.09 Å². The largest absolute Gasteiger partial charge is 0.443 e. The number of hydrogen-bond donors (Lipinski definition) is 1. The zero-order chi connectivity index (χ0) is 11.6. The second-order valence-corrected chi connectivity index (χ2v) is 4.25. The minimum Gasteiger partial charge on any atom is -0.443 e. The van der Waals surface area contributed by atoms with E-state index in [-0.39, 0.29) is 0 Å². The number of carbonyl (C=O) groups excluding carboxylic acids is 1. The van der Waals surface area contributed by atoms with Crippen LogP contribution in [0, 0.1) is 0 Å². The highest BCUT2D eigenvalue weighted by Gasteiger charge is 2.27. The molecular formula is C10H15FN2O2. The van der Waals surface area contributed by atoms with E-state index < -0.39 is 18.0 Å². The maximum absolute atomic E-state index is 13.3. The predicted molar refractivity (Wildman–Crippen MR) is 54.4 cm³/mol. The van der Waals surface area contributed by atoms with Gasteiger partial charge in [0.25, 0.3) is 0 Å². The van der Waals surface area contributed by atoms with E-state index in [4.69, 9.17) is 10.5 Å². The normalized spacial score (nSPS) is 21.2. The maximum atomic E-state index is 13.3. The van der Waals surface area contributed by atoms with Crippen molar-refractivity contribution in [2.75, 3.05) is 0 Å². The fraction of sp³-hybridized carbons (Fsp3) is 0.500. The van der Waals surface area contributed by atoms with Crippen LogP contribution in [0.25, 0.3) is 0 Å². The van der Waals surface area contributed by atoms with Crippen LogP contribution in [0.15, 0.2) is 24.0 Å². The SMILES string of the molecule is CC(C)(C)OC(=O)N1C=C(N)C=CC1F. The van der Waals surface area contributed by atoms with Gasteiger partial charge in [0.05, 0.1) is 0 Å². The van der Waals surface area contributed by atoms with E-state index in [0.717, 1.165) is 4.90 Å². The van der Waals surface area contributed by atoms with Crippen LogP contribution in [0.2, 0.25) is 0 Å². The van der Waals surface area contributed by atoms with Crippen molar-refractivity contribution in [3.05, 3.63) is 24.0 Å². The molecular weight excluding hydrogens is 199 g/mol. The van der Waals surface area contributed by atoms with Crippen molar-refractivity contribution >= 4 is 6.09 Å². The van der Waals surface area contributed by atoms with Gasteiger partial charge in [0.1, 0.15) is 5.60 Å². The van der Waals surface area contributed by atoms with Crippen molar-refractivity contribution in [3.8, 4) is 0 Å². The van der Waals surface area contributed by atoms with Gasteiger partial charge in [-0.3, -0.25) is 0 Å². The Balaban J connectivity index is 2.72. The van der Waals surface area contributed by atoms with Gasteiger partial charge in [0.15, 0.2) is 0 Å². The molecule has 0 aromatic rings. The predicted octanol–water partition coefficient (Wildman–Crippen LogP) is 1.89. The quantitative estimate of drug-likeness (QED) is 0.626. The third kappa shape index (κ3) is 3.27. The molecule has 0 fully saturated rings. The van der Waals surface area contributed by atoms with Crippen LogP contribution in [-0.2, 0) is 4.74 Å². The van der Waals surface area contributed by atoms with E-state index in [1.54, 1.807) is 20.8 Å². The molecule has 2 N–H and O–H groups in total. The van der Waals surface area contributed by atoms with E-state index in [1.165, 1.54) is 18.4 Å². The summed E-state index contributed by atoms with van der Waals surface area (Å²) in [5.41, 5.74) is 5.11. The number of nitrogens with zero attached hydrogens (tertiary/aromatic N) is 1. The number of allylic oxidation sites excluding steroid dienone is 1. The molecule has 0 bridgehead atoms. The number of ether oxygens (including phenoxy) is 1. The molecule has 0 aliphatic carbocycles. The molecule has 1 aliphatic heterocycles. The molecule has 1 unspecified atom stereocenters. The zero-order valence-electron chi connectivity index (χ0n) is 9.03. The first kappa shape index (κ1) is 11.6. The molecule has 0 saturated heterocycles. The van der Waals surface area contributed by atoms with Crippen LogP contribution in [0.3, 0.4) is 0 Å². The minimum absolute atomic E-state index is 0.315. The van der Waals surface area contributed by atoms with Crippen LogP contribution >= 0.6 is 0 Å². The fourth-order valence-corrected chi connectivity index (χ4v) is 1.03. The van der Waals surface area contributed by atoms with Crippen LogP contribution in [0.4, 0.5) is 9.18 Å². The van der Waals surface area contributed by atoms with Gasteiger partial charge in [-0.15, -0.1) is 0 Å². The van der Waals surface area contributed by atoms with Crippen molar-refractivity contribution in [2.24, 2.45) is 5.73 Å². The van der Waals surface area contributed by atoms with Crippen LogP contribution in [0.5, 0.6) is 0 Å². The van der Waals surface area contributed by atoms with E-state index in [1.807, 2.05) is 0 Å². The lowest BCUT2D eigenvalue weighted by Crippen LogP contribution is -2.39. The summed E-state index contributed by atoms with van der Waals surface area (Å²) in [4.78, 5) is 12.3. The van der Waals surface area contributed by atoms with Gasteiger partial charge in [-0.25, -0.2) is 14.1 Å². The second-order valence-electron chi connectivity index (χ2n) is 4.25. The van der Waals surface area contributed by atoms with Crippen molar-refractivity contribution in [2.45, 2.75) is 32.7 Å². The Kier molecular flexibility index (Phi) is 3.02. The summed E-state index contributed by atoms with van der Waals surface area (Å²) in [5, 5.41) is 0. The number of carbonyl (C=O) groups is 1. The number of alkyl halides is 1. The highest BCUT2D eigenvalue weighted by Crippen LogP contribution is 2.17. The van der Waals surface area contributed by atoms with Crippen molar-refractivity contribution < 1.29 is 13.9 Å². The number of hydrogen-bond acceptors (Lipinski definition) is 3. The summed E-state index contributed by atoms with van der Waals surface area (Å²) in [7, 11) is 0. The molecule has 1 aliphatic rings. The fourth-order valence-electron chi connectivity index (χ4n) is 1.03. The lowest BCUT2D eigenvalue weighted by Gasteiger charge is -2.27. The van der Waals surface area contributed by atoms with Crippen molar-refractivity contribution in [1.82, 2.24) is 4.90 Å². The Morgan fingerprint density at radius 1 is 1.60 bits per heavy atom. The Morgan fingerprint density at radius 2 is 2.20 bits per heavy atom. The van der Waals surface area contributed by atoms with Gasteiger partial charge in [0.2, 0.25) is 6.30 Å². The molecule has 5 heteroatoms. The van der Waals surface area contributed by atoms with Gasteiger partial charge in [-0.1, -0.05) is 0 Å². The molecule has 0 spiro atoms. The second kappa shape index (κ2) is 3.92. The number of nitrogens with two attached hydrogens (primary N) is 1. The standard InChI is InChI=1S/C10H15FN2O2/c1-10(2,3)15-9(14)13-6-7(12)4-5-8(13)11/h4-6,8H,12H2,1-3H3. The Bertz CT molecular complexity index is 318. The molecule has 1 rings (SSSR count). The Labute approximate surface area is 88.2 Å². The highest BCUT2D eigenvalue weighted by atomic mass is 19.1. The van der Waals surface area contributed by atoms with E-state index >= 15 is 0 Å². The van der Waals surface area contributed by atoms with Gasteiger partial charge < -0.3 is 10.5 Å². The first-order valence-electron chi connectivity index (χ1n) is 4.60. The third-order valence-corrected chi connectivity index (χ3v) is 1.61. The van der Waals surface area contributed by atoms with Crippen LogP contribution in [-0.4, -0.2) is 22.9 Å². The van der Waals surface area contributed by atoms with Gasteiger partial charge in [0, 0.05) is 11.9 Å². The maximum Gasteiger partial charge on any atom is 0.417 e. The van der Waals surface area contributed by atoms with Gasteiger partial charge in [-0.05, 0) is 32.9 Å². The molecule has 84 valence electrons. The summed E-state index contributed by atoms with van der Waals surface area (Å²) < 4.78 is 18.3. The monoisotopic (exact) mass is 214 g/mol. The molecule has 1 heterocycles. The summed E-state index contributed by atoms with van der Waals surface area (Å²) in [6.45, 7) is 5.14. The van der Waals surface area contributed by atoms with Crippen LogP contribution in [0.1, 0.15) is 20.8 Å².